The summed E-state index contributed by atoms with van der Waals surface area (Å²) >= 11 is 11.4. The number of aromatic amines is 1. The summed E-state index contributed by atoms with van der Waals surface area (Å²) in [5.74, 6) is 0.762. The molecule has 0 unspecified atom stereocenters. The molecule has 0 saturated carbocycles. The van der Waals surface area contributed by atoms with Crippen LogP contribution in [0, 0.1) is 0 Å². The van der Waals surface area contributed by atoms with E-state index in [0.717, 1.165) is 58.1 Å². The predicted octanol–water partition coefficient (Wildman–Crippen LogP) is 4.83. The topological polar surface area (TPSA) is 106 Å². The molecule has 37 heavy (non-hydrogen) atoms. The number of aryl methyl sites for hydroxylation is 1. The number of thiocarbonyl (C=S) groups is 1. The Labute approximate surface area is 222 Å². The normalized spacial score (nSPS) is 14.5. The van der Waals surface area contributed by atoms with Crippen molar-refractivity contribution in [2.24, 2.45) is 0 Å². The minimum Gasteiger partial charge on any atom is -0.350 e. The maximum absolute atomic E-state index is 13.4. The molecule has 0 radical (unpaired) electrons. The molecule has 0 spiro atoms. The lowest BCUT2D eigenvalue weighted by Gasteiger charge is -2.15. The van der Waals surface area contributed by atoms with Gasteiger partial charge in [-0.2, -0.15) is 4.68 Å². The van der Waals surface area contributed by atoms with Gasteiger partial charge in [0.2, 0.25) is 0 Å². The Bertz CT molecular complexity index is 1670. The summed E-state index contributed by atoms with van der Waals surface area (Å²) in [4.78, 5) is 22.2. The van der Waals surface area contributed by atoms with Gasteiger partial charge in [-0.05, 0) is 77.7 Å². The van der Waals surface area contributed by atoms with E-state index in [4.69, 9.17) is 23.8 Å². The van der Waals surface area contributed by atoms with Gasteiger partial charge in [-0.1, -0.05) is 36.0 Å². The van der Waals surface area contributed by atoms with Crippen molar-refractivity contribution in [3.63, 3.8) is 0 Å². The van der Waals surface area contributed by atoms with Gasteiger partial charge in [0, 0.05) is 28.0 Å². The molecule has 0 fully saturated rings. The molecule has 0 saturated heterocycles. The Morgan fingerprint density at radius 3 is 2.73 bits per heavy atom. The molecule has 1 aliphatic rings. The molecule has 0 amide bonds. The third-order valence-electron chi connectivity index (χ3n) is 6.43. The average Bonchev–Trinajstić information content (AvgIpc) is 3.65. The Kier molecular flexibility index (Phi) is 5.90. The van der Waals surface area contributed by atoms with E-state index in [2.05, 4.69) is 30.8 Å². The van der Waals surface area contributed by atoms with Gasteiger partial charge in [0.1, 0.15) is 12.2 Å². The van der Waals surface area contributed by atoms with E-state index in [0.29, 0.717) is 10.0 Å². The van der Waals surface area contributed by atoms with Gasteiger partial charge in [-0.3, -0.25) is 4.79 Å². The number of aromatic nitrogens is 7. The fraction of sp³-hybridized carbons (Fsp3) is 0.154. The van der Waals surface area contributed by atoms with Gasteiger partial charge in [0.05, 0.1) is 28.6 Å². The zero-order valence-corrected chi connectivity index (χ0v) is 21.3. The molecule has 2 aromatic carbocycles. The van der Waals surface area contributed by atoms with E-state index in [1.165, 1.54) is 6.33 Å². The van der Waals surface area contributed by atoms with Gasteiger partial charge in [0.25, 0.3) is 5.56 Å². The number of pyridine rings is 1. The molecule has 0 aliphatic carbocycles. The highest BCUT2D eigenvalue weighted by atomic mass is 35.5. The summed E-state index contributed by atoms with van der Waals surface area (Å²) in [6.45, 7) is 1.84. The average molecular weight is 529 g/mol. The first-order valence-electron chi connectivity index (χ1n) is 11.7. The highest BCUT2D eigenvalue weighted by Gasteiger charge is 2.28. The van der Waals surface area contributed by atoms with Crippen LogP contribution in [0.5, 0.6) is 0 Å². The van der Waals surface area contributed by atoms with Crippen LogP contribution in [0.2, 0.25) is 5.02 Å². The molecule has 0 bridgehead atoms. The molecule has 11 heteroatoms. The van der Waals surface area contributed by atoms with Crippen molar-refractivity contribution in [1.82, 2.24) is 34.7 Å². The first kappa shape index (κ1) is 23.3. The number of halogens is 1. The van der Waals surface area contributed by atoms with Crippen molar-refractivity contribution in [2.45, 2.75) is 25.8 Å². The standard InChI is InChI=1S/C26H21ClN8OS/c1-15(37)30-19-5-2-16(3-6-19)22-13-28-26(31-22)24-9-7-20-10-17(11-25(36)35(20)24)21-12-18(27)4-8-23(21)34-14-29-32-33-34/h2-6,8,10-14,24H,7,9H2,1H3,(H,28,31)(H,30,37)/t24-/m0/s1. The third-order valence-corrected chi connectivity index (χ3v) is 6.76. The van der Waals surface area contributed by atoms with Crippen LogP contribution >= 0.6 is 23.8 Å². The number of H-pyrrole nitrogens is 1. The molecule has 1 atom stereocenters. The SMILES string of the molecule is CC(=S)Nc1ccc(-c2cnc([C@@H]3CCc4cc(-c5cc(Cl)ccc5-n5cnnn5)cc(=O)n43)[nH]2)cc1. The molecule has 6 rings (SSSR count). The Morgan fingerprint density at radius 2 is 1.97 bits per heavy atom. The molecule has 5 aromatic rings. The Morgan fingerprint density at radius 1 is 1.14 bits per heavy atom. The quantitative estimate of drug-likeness (QED) is 0.315. The molecule has 9 nitrogen and oxygen atoms in total. The zero-order chi connectivity index (χ0) is 25.5. The number of nitrogens with one attached hydrogen (secondary N) is 2. The molecule has 2 N–H and O–H groups in total. The molecule has 1 aliphatic heterocycles. The maximum atomic E-state index is 13.4. The lowest BCUT2D eigenvalue weighted by molar-refractivity contribution is 0.572. The van der Waals surface area contributed by atoms with Crippen molar-refractivity contribution in [1.29, 1.82) is 0 Å². The molecule has 3 aromatic heterocycles. The van der Waals surface area contributed by atoms with Crippen LogP contribution in [0.15, 0.2) is 71.9 Å². The summed E-state index contributed by atoms with van der Waals surface area (Å²) in [6.07, 6.45) is 4.85. The van der Waals surface area contributed by atoms with Crippen LogP contribution < -0.4 is 10.9 Å². The number of hydrogen-bond donors (Lipinski definition) is 2. The number of fused-ring (bicyclic) bond motifs is 1. The van der Waals surface area contributed by atoms with Crippen LogP contribution in [0.3, 0.4) is 0 Å². The number of rotatable bonds is 5. The summed E-state index contributed by atoms with van der Waals surface area (Å²) in [7, 11) is 0. The predicted molar refractivity (Wildman–Crippen MR) is 146 cm³/mol. The number of anilines is 1. The van der Waals surface area contributed by atoms with E-state index in [-0.39, 0.29) is 11.6 Å². The molecule has 184 valence electrons. The number of benzene rings is 2. The number of imidazole rings is 1. The fourth-order valence-corrected chi connectivity index (χ4v) is 5.10. The largest absolute Gasteiger partial charge is 0.350 e. The highest BCUT2D eigenvalue weighted by molar-refractivity contribution is 7.80. The number of nitrogens with zero attached hydrogens (tertiary/aromatic N) is 6. The van der Waals surface area contributed by atoms with Crippen LogP contribution in [-0.4, -0.2) is 39.7 Å². The van der Waals surface area contributed by atoms with E-state index < -0.39 is 0 Å². The lowest BCUT2D eigenvalue weighted by atomic mass is 10.0. The van der Waals surface area contributed by atoms with Gasteiger partial charge in [0.15, 0.2) is 0 Å². The lowest BCUT2D eigenvalue weighted by Crippen LogP contribution is -2.23. The van der Waals surface area contributed by atoms with E-state index in [1.54, 1.807) is 16.8 Å². The molecular formula is C26H21ClN8OS. The van der Waals surface area contributed by atoms with Crippen LogP contribution in [0.4, 0.5) is 5.69 Å². The minimum atomic E-state index is -0.165. The monoisotopic (exact) mass is 528 g/mol. The van der Waals surface area contributed by atoms with Crippen molar-refractivity contribution < 1.29 is 0 Å². The molecule has 4 heterocycles. The summed E-state index contributed by atoms with van der Waals surface area (Å²) in [5, 5.41) is 15.2. The van der Waals surface area contributed by atoms with Gasteiger partial charge in [-0.25, -0.2) is 4.98 Å². The van der Waals surface area contributed by atoms with Crippen molar-refractivity contribution >= 4 is 34.5 Å². The van der Waals surface area contributed by atoms with E-state index >= 15 is 0 Å². The summed E-state index contributed by atoms with van der Waals surface area (Å²) in [6, 6.07) is 16.9. The van der Waals surface area contributed by atoms with E-state index in [9.17, 15) is 4.79 Å². The zero-order valence-electron chi connectivity index (χ0n) is 19.7. The second-order valence-corrected chi connectivity index (χ2v) is 9.90. The van der Waals surface area contributed by atoms with Crippen LogP contribution in [-0.2, 0) is 6.42 Å². The Hall–Kier alpha value is -4.15. The summed E-state index contributed by atoms with van der Waals surface area (Å²) < 4.78 is 3.38. The van der Waals surface area contributed by atoms with Crippen molar-refractivity contribution in [3.8, 4) is 28.1 Å². The highest BCUT2D eigenvalue weighted by Crippen LogP contribution is 2.34. The van der Waals surface area contributed by atoms with Gasteiger partial charge >= 0.3 is 0 Å². The first-order valence-corrected chi connectivity index (χ1v) is 12.5. The first-order chi connectivity index (χ1) is 18.0. The summed E-state index contributed by atoms with van der Waals surface area (Å²) in [5.41, 5.74) is 5.97. The van der Waals surface area contributed by atoms with Crippen LogP contribution in [0.1, 0.15) is 30.9 Å². The maximum Gasteiger partial charge on any atom is 0.252 e. The Balaban J connectivity index is 1.32. The smallest absolute Gasteiger partial charge is 0.252 e. The van der Waals surface area contributed by atoms with Crippen LogP contribution in [0.25, 0.3) is 28.1 Å². The van der Waals surface area contributed by atoms with Gasteiger partial charge < -0.3 is 14.9 Å². The van der Waals surface area contributed by atoms with Gasteiger partial charge in [-0.15, -0.1) is 5.10 Å². The number of hydrogen-bond acceptors (Lipinski definition) is 6. The molecular weight excluding hydrogens is 508 g/mol. The van der Waals surface area contributed by atoms with E-state index in [1.807, 2.05) is 60.2 Å². The fourth-order valence-electron chi connectivity index (χ4n) is 4.81. The minimum absolute atomic E-state index is 0.0958. The number of tetrazole rings is 1. The van der Waals surface area contributed by atoms with Crippen molar-refractivity contribution in [2.75, 3.05) is 5.32 Å². The third kappa shape index (κ3) is 4.45. The second-order valence-electron chi connectivity index (χ2n) is 8.85. The second kappa shape index (κ2) is 9.38. The van der Waals surface area contributed by atoms with Crippen molar-refractivity contribution in [3.05, 3.63) is 94.0 Å².